The van der Waals surface area contributed by atoms with E-state index in [0.717, 1.165) is 22.3 Å². The number of fused-ring (bicyclic) bond motifs is 1. The fraction of sp³-hybridized carbons (Fsp3) is 0.188. The number of hydrogen-bond donors (Lipinski definition) is 0. The lowest BCUT2D eigenvalue weighted by Gasteiger charge is -2.06. The smallest absolute Gasteiger partial charge is 0.270 e. The fourth-order valence-electron chi connectivity index (χ4n) is 2.44. The minimum atomic E-state index is 0.466. The second kappa shape index (κ2) is 4.56. The Morgan fingerprint density at radius 3 is 2.40 bits per heavy atom. The van der Waals surface area contributed by atoms with E-state index in [9.17, 15) is 5.21 Å². The Morgan fingerprint density at radius 1 is 1.00 bits per heavy atom. The van der Waals surface area contributed by atoms with Crippen molar-refractivity contribution in [3.05, 3.63) is 58.3 Å². The van der Waals surface area contributed by atoms with Crippen LogP contribution in [0.5, 0.6) is 0 Å². The number of benzene rings is 2. The summed E-state index contributed by atoms with van der Waals surface area (Å²) in [4.78, 5) is 5.21. The predicted octanol–water partition coefficient (Wildman–Crippen LogP) is 2.86. The van der Waals surface area contributed by atoms with E-state index < -0.39 is 0 Å². The van der Waals surface area contributed by atoms with Gasteiger partial charge < -0.3 is 5.21 Å². The van der Waals surface area contributed by atoms with Gasteiger partial charge in [0.1, 0.15) is 5.52 Å². The molecule has 1 aromatic heterocycles. The molecule has 0 aliphatic heterocycles. The van der Waals surface area contributed by atoms with Crippen molar-refractivity contribution in [1.82, 2.24) is 10.1 Å². The Balaban J connectivity index is 2.29. The Kier molecular flexibility index (Phi) is 2.86. The van der Waals surface area contributed by atoms with Crippen molar-refractivity contribution >= 4 is 11.0 Å². The van der Waals surface area contributed by atoms with Crippen LogP contribution < -0.4 is 4.85 Å². The molecule has 4 nitrogen and oxygen atoms in total. The normalized spacial score (nSPS) is 10.9. The van der Waals surface area contributed by atoms with Gasteiger partial charge in [0.2, 0.25) is 5.82 Å². The van der Waals surface area contributed by atoms with Crippen LogP contribution in [0.1, 0.15) is 16.7 Å². The van der Waals surface area contributed by atoms with Gasteiger partial charge in [0.25, 0.3) is 5.52 Å². The van der Waals surface area contributed by atoms with Gasteiger partial charge in [-0.25, -0.2) is 4.98 Å². The van der Waals surface area contributed by atoms with E-state index in [-0.39, 0.29) is 0 Å². The molecule has 3 aromatic rings. The molecule has 0 amide bonds. The molecule has 0 fully saturated rings. The highest BCUT2D eigenvalue weighted by atomic mass is 16.5. The van der Waals surface area contributed by atoms with Crippen molar-refractivity contribution in [2.75, 3.05) is 0 Å². The van der Waals surface area contributed by atoms with Crippen LogP contribution in [0.15, 0.2) is 36.4 Å². The summed E-state index contributed by atoms with van der Waals surface area (Å²) >= 11 is 0. The lowest BCUT2D eigenvalue weighted by molar-refractivity contribution is -0.642. The highest BCUT2D eigenvalue weighted by Gasteiger charge is 2.14. The number of aromatic nitrogens is 3. The van der Waals surface area contributed by atoms with E-state index in [0.29, 0.717) is 21.7 Å². The molecule has 4 heteroatoms. The van der Waals surface area contributed by atoms with Crippen molar-refractivity contribution in [2.45, 2.75) is 20.8 Å². The topological polar surface area (TPSA) is 52.7 Å². The molecule has 0 saturated heterocycles. The zero-order valence-corrected chi connectivity index (χ0v) is 11.7. The van der Waals surface area contributed by atoms with Crippen LogP contribution in [0.3, 0.4) is 0 Å². The maximum atomic E-state index is 12.1. The zero-order valence-electron chi connectivity index (χ0n) is 11.7. The second-order valence-electron chi connectivity index (χ2n) is 5.13. The lowest BCUT2D eigenvalue weighted by Crippen LogP contribution is -2.33. The summed E-state index contributed by atoms with van der Waals surface area (Å²) in [7, 11) is 0. The van der Waals surface area contributed by atoms with Gasteiger partial charge in [-0.1, -0.05) is 29.3 Å². The van der Waals surface area contributed by atoms with Crippen molar-refractivity contribution in [3.63, 3.8) is 0 Å². The summed E-state index contributed by atoms with van der Waals surface area (Å²) in [6, 6.07) is 11.6. The summed E-state index contributed by atoms with van der Waals surface area (Å²) in [5, 5.41) is 16.1. The average molecular weight is 265 g/mol. The van der Waals surface area contributed by atoms with E-state index in [1.807, 2.05) is 45.0 Å². The lowest BCUT2D eigenvalue weighted by atomic mass is 10.1. The third-order valence-corrected chi connectivity index (χ3v) is 3.31. The molecule has 100 valence electrons. The maximum absolute atomic E-state index is 12.1. The molecule has 1 heterocycles. The van der Waals surface area contributed by atoms with Gasteiger partial charge in [0.05, 0.1) is 0 Å². The number of para-hydroxylation sites is 1. The molecule has 0 radical (unpaired) electrons. The molecule has 3 rings (SSSR count). The van der Waals surface area contributed by atoms with Gasteiger partial charge in [0, 0.05) is 16.7 Å². The molecular weight excluding hydrogens is 250 g/mol. The van der Waals surface area contributed by atoms with Gasteiger partial charge in [-0.3, -0.25) is 0 Å². The van der Waals surface area contributed by atoms with Crippen LogP contribution in [0.25, 0.3) is 22.4 Å². The van der Waals surface area contributed by atoms with Crippen LogP contribution >= 0.6 is 0 Å². The number of hydrogen-bond acceptors (Lipinski definition) is 3. The van der Waals surface area contributed by atoms with Crippen LogP contribution in [0.2, 0.25) is 0 Å². The van der Waals surface area contributed by atoms with E-state index >= 15 is 0 Å². The molecule has 2 aromatic carbocycles. The van der Waals surface area contributed by atoms with Crippen LogP contribution in [0.4, 0.5) is 0 Å². The Hall–Kier alpha value is -2.49. The Labute approximate surface area is 117 Å². The molecule has 0 spiro atoms. The van der Waals surface area contributed by atoms with Crippen LogP contribution in [0, 0.1) is 26.0 Å². The van der Waals surface area contributed by atoms with Gasteiger partial charge in [-0.05, 0) is 43.3 Å². The van der Waals surface area contributed by atoms with Crippen molar-refractivity contribution in [2.24, 2.45) is 0 Å². The highest BCUT2D eigenvalue weighted by molar-refractivity contribution is 5.76. The Bertz CT molecular complexity index is 792. The van der Waals surface area contributed by atoms with Crippen molar-refractivity contribution < 1.29 is 4.85 Å². The first-order valence-electron chi connectivity index (χ1n) is 6.50. The fourth-order valence-corrected chi connectivity index (χ4v) is 2.44. The molecule has 0 saturated carbocycles. The second-order valence-corrected chi connectivity index (χ2v) is 5.13. The SMILES string of the molecule is Cc1cc(C)cc(-c2nc3c(C)cccc3[n+]([O-])n2)c1. The van der Waals surface area contributed by atoms with Gasteiger partial charge in [0.15, 0.2) is 0 Å². The summed E-state index contributed by atoms with van der Waals surface area (Å²) < 4.78 is 0. The monoisotopic (exact) mass is 265 g/mol. The van der Waals surface area contributed by atoms with Crippen molar-refractivity contribution in [3.8, 4) is 11.4 Å². The molecule has 0 unspecified atom stereocenters. The first kappa shape index (κ1) is 12.5. The highest BCUT2D eigenvalue weighted by Crippen LogP contribution is 2.20. The molecule has 0 N–H and O–H groups in total. The summed E-state index contributed by atoms with van der Waals surface area (Å²) in [6.45, 7) is 5.99. The summed E-state index contributed by atoms with van der Waals surface area (Å²) in [5.74, 6) is 0.466. The largest absolute Gasteiger partial charge is 0.594 e. The molecule has 0 aliphatic rings. The van der Waals surface area contributed by atoms with E-state index in [4.69, 9.17) is 0 Å². The predicted molar refractivity (Wildman–Crippen MR) is 78.1 cm³/mol. The molecule has 0 bridgehead atoms. The van der Waals surface area contributed by atoms with Gasteiger partial charge >= 0.3 is 0 Å². The summed E-state index contributed by atoms with van der Waals surface area (Å²) in [5.41, 5.74) is 5.30. The average Bonchev–Trinajstić information content (AvgIpc) is 2.38. The van der Waals surface area contributed by atoms with Gasteiger partial charge in [-0.2, -0.15) is 0 Å². The first-order valence-corrected chi connectivity index (χ1v) is 6.50. The van der Waals surface area contributed by atoms with E-state index in [1.165, 1.54) is 0 Å². The minimum absolute atomic E-state index is 0.466. The molecule has 0 atom stereocenters. The maximum Gasteiger partial charge on any atom is 0.270 e. The standard InChI is InChI=1S/C16H15N3O/c1-10-7-11(2)9-13(8-10)16-17-15-12(3)5-4-6-14(15)19(20)18-16/h4-9H,1-3H3. The van der Waals surface area contributed by atoms with Crippen LogP contribution in [-0.2, 0) is 0 Å². The number of nitrogens with zero attached hydrogens (tertiary/aromatic N) is 3. The van der Waals surface area contributed by atoms with E-state index in [1.54, 1.807) is 6.07 Å². The molecule has 20 heavy (non-hydrogen) atoms. The van der Waals surface area contributed by atoms with Crippen LogP contribution in [-0.4, -0.2) is 10.1 Å². The minimum Gasteiger partial charge on any atom is -0.594 e. The molecular formula is C16H15N3O. The quantitative estimate of drug-likeness (QED) is 0.502. The molecule has 0 aliphatic carbocycles. The summed E-state index contributed by atoms with van der Waals surface area (Å²) in [6.07, 6.45) is 0. The Morgan fingerprint density at radius 2 is 1.70 bits per heavy atom. The van der Waals surface area contributed by atoms with Crippen molar-refractivity contribution in [1.29, 1.82) is 0 Å². The third kappa shape index (κ3) is 2.09. The van der Waals surface area contributed by atoms with E-state index in [2.05, 4.69) is 16.1 Å². The zero-order chi connectivity index (χ0) is 14.3. The third-order valence-electron chi connectivity index (χ3n) is 3.31. The van der Waals surface area contributed by atoms with Gasteiger partial charge in [-0.15, -0.1) is 0 Å². The number of rotatable bonds is 1. The first-order chi connectivity index (χ1) is 9.54. The number of aryl methyl sites for hydroxylation is 3.